The first-order valence-corrected chi connectivity index (χ1v) is 11.1. The van der Waals surface area contributed by atoms with Gasteiger partial charge >= 0.3 is 0 Å². The highest BCUT2D eigenvalue weighted by Crippen LogP contribution is 2.29. The first-order chi connectivity index (χ1) is 14.8. The van der Waals surface area contributed by atoms with Crippen molar-refractivity contribution < 1.29 is 19.1 Å². The molecule has 3 rings (SSSR count). The lowest BCUT2D eigenvalue weighted by Crippen LogP contribution is -2.55. The third-order valence-corrected chi connectivity index (χ3v) is 6.73. The zero-order valence-electron chi connectivity index (χ0n) is 18.5. The van der Waals surface area contributed by atoms with Gasteiger partial charge in [0.05, 0.1) is 35.5 Å². The number of carbonyl (C=O) groups is 2. The number of hydrogen-bond acceptors (Lipinski definition) is 6. The third kappa shape index (κ3) is 5.81. The fourth-order valence-electron chi connectivity index (χ4n) is 4.51. The molecule has 2 aliphatic heterocycles. The van der Waals surface area contributed by atoms with E-state index >= 15 is 0 Å². The average molecular weight is 453 g/mol. The highest BCUT2D eigenvalue weighted by Gasteiger charge is 2.33. The van der Waals surface area contributed by atoms with Gasteiger partial charge < -0.3 is 30.3 Å². The minimum atomic E-state index is -0.254. The summed E-state index contributed by atoms with van der Waals surface area (Å²) in [5.41, 5.74) is 6.54. The lowest BCUT2D eigenvalue weighted by atomic mass is 9.94. The van der Waals surface area contributed by atoms with Crippen LogP contribution in [0.5, 0.6) is 5.75 Å². The Morgan fingerprint density at radius 1 is 1.19 bits per heavy atom. The van der Waals surface area contributed by atoms with Gasteiger partial charge in [0.2, 0.25) is 5.91 Å². The summed E-state index contributed by atoms with van der Waals surface area (Å²) >= 11 is 6.11. The number of nitrogens with one attached hydrogen (secondary N) is 1. The molecule has 0 unspecified atom stereocenters. The summed E-state index contributed by atoms with van der Waals surface area (Å²) < 4.78 is 11.0. The number of ether oxygens (including phenoxy) is 2. The van der Waals surface area contributed by atoms with E-state index in [0.717, 1.165) is 52.0 Å². The number of hydrogen-bond donors (Lipinski definition) is 2. The third-order valence-electron chi connectivity index (χ3n) is 6.40. The molecule has 2 atom stereocenters. The van der Waals surface area contributed by atoms with E-state index in [9.17, 15) is 9.59 Å². The van der Waals surface area contributed by atoms with Gasteiger partial charge in [0.25, 0.3) is 5.91 Å². The van der Waals surface area contributed by atoms with Crippen LogP contribution in [-0.4, -0.2) is 80.7 Å². The molecule has 2 saturated heterocycles. The summed E-state index contributed by atoms with van der Waals surface area (Å²) in [4.78, 5) is 28.8. The van der Waals surface area contributed by atoms with Crippen molar-refractivity contribution in [2.75, 3.05) is 52.7 Å². The number of benzene rings is 1. The molecule has 1 aromatic carbocycles. The normalized spacial score (nSPS) is 22.9. The van der Waals surface area contributed by atoms with Crippen LogP contribution in [0.3, 0.4) is 0 Å². The quantitative estimate of drug-likeness (QED) is 0.641. The van der Waals surface area contributed by atoms with Gasteiger partial charge in [-0.15, -0.1) is 0 Å². The summed E-state index contributed by atoms with van der Waals surface area (Å²) in [7, 11) is 3.18. The van der Waals surface area contributed by atoms with E-state index < -0.39 is 0 Å². The standard InChI is InChI=1S/C22H33ClN4O4/c1-14(28)27-8-4-15(5-9-27)12-26-7-6-19(21(13-26)31-3)25-22(29)16-10-17(23)18(24)11-20(16)30-2/h10-11,15,19,21H,4-9,12-13,24H2,1-3H3,(H,25,29)/t19-,21+/m0/s1. The number of rotatable bonds is 6. The number of likely N-dealkylation sites (tertiary alicyclic amines) is 2. The van der Waals surface area contributed by atoms with Crippen LogP contribution in [0.1, 0.15) is 36.5 Å². The molecule has 3 N–H and O–H groups in total. The highest BCUT2D eigenvalue weighted by molar-refractivity contribution is 6.33. The molecule has 31 heavy (non-hydrogen) atoms. The number of anilines is 1. The Morgan fingerprint density at radius 3 is 2.52 bits per heavy atom. The maximum Gasteiger partial charge on any atom is 0.255 e. The van der Waals surface area contributed by atoms with Gasteiger partial charge in [0.15, 0.2) is 0 Å². The van der Waals surface area contributed by atoms with E-state index in [1.165, 1.54) is 13.2 Å². The van der Waals surface area contributed by atoms with Crippen LogP contribution in [0.15, 0.2) is 12.1 Å². The van der Waals surface area contributed by atoms with Crippen molar-refractivity contribution in [2.24, 2.45) is 5.92 Å². The number of methoxy groups -OCH3 is 2. The molecule has 0 bridgehead atoms. The van der Waals surface area contributed by atoms with Crippen molar-refractivity contribution in [1.29, 1.82) is 0 Å². The number of piperidine rings is 2. The first-order valence-electron chi connectivity index (χ1n) is 10.8. The smallest absolute Gasteiger partial charge is 0.255 e. The molecule has 1 aromatic rings. The predicted octanol–water partition coefficient (Wildman–Crippen LogP) is 2.01. The Bertz CT molecular complexity index is 798. The highest BCUT2D eigenvalue weighted by atomic mass is 35.5. The van der Waals surface area contributed by atoms with Gasteiger partial charge in [0.1, 0.15) is 5.75 Å². The molecule has 172 valence electrons. The summed E-state index contributed by atoms with van der Waals surface area (Å²) in [6.45, 7) is 5.95. The van der Waals surface area contributed by atoms with Crippen molar-refractivity contribution in [3.05, 3.63) is 22.7 Å². The summed E-state index contributed by atoms with van der Waals surface area (Å²) in [5, 5.41) is 3.41. The van der Waals surface area contributed by atoms with Gasteiger partial charge in [-0.1, -0.05) is 11.6 Å². The molecule has 0 saturated carbocycles. The van der Waals surface area contributed by atoms with Crippen molar-refractivity contribution in [2.45, 2.75) is 38.3 Å². The predicted molar refractivity (Wildman–Crippen MR) is 121 cm³/mol. The molecule has 2 heterocycles. The van der Waals surface area contributed by atoms with Crippen molar-refractivity contribution in [3.63, 3.8) is 0 Å². The Balaban J connectivity index is 1.56. The van der Waals surface area contributed by atoms with Gasteiger partial charge in [-0.2, -0.15) is 0 Å². The summed E-state index contributed by atoms with van der Waals surface area (Å²) in [6.07, 6.45) is 2.75. The van der Waals surface area contributed by atoms with Crippen LogP contribution >= 0.6 is 11.6 Å². The second kappa shape index (κ2) is 10.5. The second-order valence-electron chi connectivity index (χ2n) is 8.43. The van der Waals surface area contributed by atoms with E-state index in [1.54, 1.807) is 20.1 Å². The fraction of sp³-hybridized carbons (Fsp3) is 0.636. The Kier molecular flexibility index (Phi) is 8.02. The zero-order valence-corrected chi connectivity index (χ0v) is 19.3. The Morgan fingerprint density at radius 2 is 1.90 bits per heavy atom. The van der Waals surface area contributed by atoms with Gasteiger partial charge in [-0.3, -0.25) is 9.59 Å². The number of nitrogens with two attached hydrogens (primary N) is 1. The molecule has 0 aromatic heterocycles. The summed E-state index contributed by atoms with van der Waals surface area (Å²) in [5.74, 6) is 0.882. The van der Waals surface area contributed by atoms with Crippen LogP contribution < -0.4 is 15.8 Å². The largest absolute Gasteiger partial charge is 0.496 e. The molecule has 2 amide bonds. The Hall–Kier alpha value is -2.03. The number of nitrogen functional groups attached to an aromatic ring is 1. The van der Waals surface area contributed by atoms with E-state index in [2.05, 4.69) is 10.2 Å². The molecule has 0 spiro atoms. The molecular weight excluding hydrogens is 420 g/mol. The van der Waals surface area contributed by atoms with E-state index in [1.807, 2.05) is 4.90 Å². The van der Waals surface area contributed by atoms with E-state index in [0.29, 0.717) is 27.9 Å². The lowest BCUT2D eigenvalue weighted by Gasteiger charge is -2.41. The van der Waals surface area contributed by atoms with Gasteiger partial charge in [0, 0.05) is 52.8 Å². The average Bonchev–Trinajstić information content (AvgIpc) is 2.76. The number of amides is 2. The van der Waals surface area contributed by atoms with Crippen LogP contribution in [-0.2, 0) is 9.53 Å². The fourth-order valence-corrected chi connectivity index (χ4v) is 4.67. The van der Waals surface area contributed by atoms with E-state index in [-0.39, 0.29) is 24.0 Å². The Labute approximate surface area is 189 Å². The maximum atomic E-state index is 12.9. The monoisotopic (exact) mass is 452 g/mol. The minimum absolute atomic E-state index is 0.102. The molecule has 0 radical (unpaired) electrons. The van der Waals surface area contributed by atoms with E-state index in [4.69, 9.17) is 26.8 Å². The number of nitrogens with zero attached hydrogens (tertiary/aromatic N) is 2. The van der Waals surface area contributed by atoms with Crippen LogP contribution in [0, 0.1) is 5.92 Å². The molecule has 9 heteroatoms. The van der Waals surface area contributed by atoms with Gasteiger partial charge in [-0.25, -0.2) is 0 Å². The summed E-state index contributed by atoms with van der Waals surface area (Å²) in [6, 6.07) is 3.00. The topological polar surface area (TPSA) is 97.1 Å². The molecule has 0 aliphatic carbocycles. The van der Waals surface area contributed by atoms with Crippen molar-refractivity contribution in [1.82, 2.24) is 15.1 Å². The first kappa shape index (κ1) is 23.6. The van der Waals surface area contributed by atoms with Gasteiger partial charge in [-0.05, 0) is 31.2 Å². The molecule has 2 fully saturated rings. The van der Waals surface area contributed by atoms with Crippen molar-refractivity contribution in [3.8, 4) is 5.75 Å². The molecule has 8 nitrogen and oxygen atoms in total. The van der Waals surface area contributed by atoms with Crippen LogP contribution in [0.25, 0.3) is 0 Å². The molecule has 2 aliphatic rings. The van der Waals surface area contributed by atoms with Crippen molar-refractivity contribution >= 4 is 29.1 Å². The van der Waals surface area contributed by atoms with Crippen LogP contribution in [0.4, 0.5) is 5.69 Å². The number of halogens is 1. The second-order valence-corrected chi connectivity index (χ2v) is 8.83. The SMILES string of the molecule is COc1cc(N)c(Cl)cc1C(=O)N[C@H]1CCN(CC2CCN(C(C)=O)CC2)C[C@H]1OC. The lowest BCUT2D eigenvalue weighted by molar-refractivity contribution is -0.130. The minimum Gasteiger partial charge on any atom is -0.496 e. The zero-order chi connectivity index (χ0) is 22.5. The number of carbonyl (C=O) groups excluding carboxylic acids is 2. The maximum absolute atomic E-state index is 12.9. The molecular formula is C22H33ClN4O4. The van der Waals surface area contributed by atoms with Crippen LogP contribution in [0.2, 0.25) is 5.02 Å².